The molecule has 0 saturated carbocycles. The Bertz CT molecular complexity index is 953. The molecule has 1 aromatic heterocycles. The highest BCUT2D eigenvalue weighted by atomic mass is 16.5. The van der Waals surface area contributed by atoms with E-state index in [1.807, 2.05) is 31.2 Å². The third kappa shape index (κ3) is 4.55. The largest absolute Gasteiger partial charge is 0.465 e. The van der Waals surface area contributed by atoms with Gasteiger partial charge in [-0.3, -0.25) is 9.59 Å². The normalized spacial score (nSPS) is 21.5. The highest BCUT2D eigenvalue weighted by Gasteiger charge is 2.40. The number of fused-ring (bicyclic) bond motifs is 1. The highest BCUT2D eigenvalue weighted by molar-refractivity contribution is 5.94. The molecule has 2 saturated heterocycles. The number of morpholine rings is 1. The molecule has 2 fully saturated rings. The van der Waals surface area contributed by atoms with Crippen LogP contribution in [-0.2, 0) is 9.53 Å². The first kappa shape index (κ1) is 22.1. The van der Waals surface area contributed by atoms with Gasteiger partial charge in [0.2, 0.25) is 5.91 Å². The number of aromatic amines is 1. The zero-order valence-electron chi connectivity index (χ0n) is 18.2. The van der Waals surface area contributed by atoms with E-state index in [1.165, 1.54) is 4.90 Å². The van der Waals surface area contributed by atoms with E-state index in [2.05, 4.69) is 9.97 Å². The van der Waals surface area contributed by atoms with E-state index >= 15 is 0 Å². The molecule has 0 spiro atoms. The lowest BCUT2D eigenvalue weighted by atomic mass is 9.91. The van der Waals surface area contributed by atoms with Crippen molar-refractivity contribution in [3.8, 4) is 0 Å². The molecular weight excluding hydrogens is 414 g/mol. The first-order chi connectivity index (χ1) is 15.5. The van der Waals surface area contributed by atoms with Crippen LogP contribution in [0.4, 0.5) is 4.79 Å². The molecule has 3 heterocycles. The van der Waals surface area contributed by atoms with Gasteiger partial charge in [0.25, 0.3) is 5.91 Å². The van der Waals surface area contributed by atoms with Gasteiger partial charge < -0.3 is 29.5 Å². The van der Waals surface area contributed by atoms with Crippen LogP contribution in [-0.4, -0.2) is 99.7 Å². The van der Waals surface area contributed by atoms with Gasteiger partial charge in [-0.2, -0.15) is 0 Å². The number of carbonyl (C=O) groups is 3. The predicted molar refractivity (Wildman–Crippen MR) is 116 cm³/mol. The Morgan fingerprint density at radius 3 is 2.62 bits per heavy atom. The van der Waals surface area contributed by atoms with Crippen LogP contribution in [0.25, 0.3) is 11.0 Å². The Balaban J connectivity index is 1.58. The molecule has 0 radical (unpaired) electrons. The summed E-state index contributed by atoms with van der Waals surface area (Å²) in [4.78, 5) is 50.6. The number of piperidine rings is 1. The van der Waals surface area contributed by atoms with Crippen molar-refractivity contribution in [2.75, 3.05) is 45.9 Å². The summed E-state index contributed by atoms with van der Waals surface area (Å²) in [6.07, 6.45) is 0.0471. The molecule has 0 unspecified atom stereocenters. The number of nitrogens with one attached hydrogen (secondary N) is 1. The second kappa shape index (κ2) is 9.56. The topological polar surface area (TPSA) is 119 Å². The van der Waals surface area contributed by atoms with Crippen molar-refractivity contribution in [3.63, 3.8) is 0 Å². The van der Waals surface area contributed by atoms with Gasteiger partial charge in [0.05, 0.1) is 36.2 Å². The van der Waals surface area contributed by atoms with Crippen LogP contribution in [0.5, 0.6) is 0 Å². The van der Waals surface area contributed by atoms with Crippen molar-refractivity contribution in [3.05, 3.63) is 30.1 Å². The minimum Gasteiger partial charge on any atom is -0.465 e. The summed E-state index contributed by atoms with van der Waals surface area (Å²) < 4.78 is 5.33. The SMILES string of the molecule is CCCN(C(=O)c1nc2ccccc2[nH]1)[C@H]1C[C@@H](C(=O)N2CCOCC2)CN(C(=O)O)C1. The number of nitrogens with zero attached hydrogens (tertiary/aromatic N) is 4. The number of likely N-dealkylation sites (tertiary alicyclic amines) is 1. The molecular formula is C22H29N5O5. The van der Waals surface area contributed by atoms with E-state index < -0.39 is 18.1 Å². The van der Waals surface area contributed by atoms with Gasteiger partial charge in [0.15, 0.2) is 5.82 Å². The molecule has 2 aliphatic heterocycles. The first-order valence-electron chi connectivity index (χ1n) is 11.1. The quantitative estimate of drug-likeness (QED) is 0.725. The summed E-state index contributed by atoms with van der Waals surface area (Å²) in [5.41, 5.74) is 1.46. The van der Waals surface area contributed by atoms with Crippen LogP contribution >= 0.6 is 0 Å². The smallest absolute Gasteiger partial charge is 0.407 e. The van der Waals surface area contributed by atoms with Gasteiger partial charge in [-0.1, -0.05) is 19.1 Å². The van der Waals surface area contributed by atoms with Gasteiger partial charge in [-0.05, 0) is 25.0 Å². The minimum absolute atomic E-state index is 0.0723. The van der Waals surface area contributed by atoms with Crippen molar-refractivity contribution >= 4 is 28.9 Å². The predicted octanol–water partition coefficient (Wildman–Crippen LogP) is 1.64. The number of amides is 3. The molecule has 10 nitrogen and oxygen atoms in total. The molecule has 3 amide bonds. The number of ether oxygens (including phenoxy) is 1. The van der Waals surface area contributed by atoms with Crippen LogP contribution in [0, 0.1) is 5.92 Å². The maximum absolute atomic E-state index is 13.4. The molecule has 2 aliphatic rings. The van der Waals surface area contributed by atoms with Gasteiger partial charge in [-0.25, -0.2) is 9.78 Å². The lowest BCUT2D eigenvalue weighted by Gasteiger charge is -2.42. The van der Waals surface area contributed by atoms with Crippen molar-refractivity contribution in [1.29, 1.82) is 0 Å². The van der Waals surface area contributed by atoms with Crippen LogP contribution in [0.1, 0.15) is 30.4 Å². The number of hydrogen-bond donors (Lipinski definition) is 2. The van der Waals surface area contributed by atoms with Crippen LogP contribution < -0.4 is 0 Å². The highest BCUT2D eigenvalue weighted by Crippen LogP contribution is 2.25. The fourth-order valence-electron chi connectivity index (χ4n) is 4.56. The van der Waals surface area contributed by atoms with Crippen molar-refractivity contribution < 1.29 is 24.2 Å². The third-order valence-corrected chi connectivity index (χ3v) is 6.13. The molecule has 0 bridgehead atoms. The second-order valence-corrected chi connectivity index (χ2v) is 8.31. The monoisotopic (exact) mass is 443 g/mol. The Morgan fingerprint density at radius 1 is 1.19 bits per heavy atom. The number of para-hydroxylation sites is 2. The maximum Gasteiger partial charge on any atom is 0.407 e. The summed E-state index contributed by atoms with van der Waals surface area (Å²) in [6, 6.07) is 7.00. The van der Waals surface area contributed by atoms with E-state index in [1.54, 1.807) is 9.80 Å². The molecule has 172 valence electrons. The summed E-state index contributed by atoms with van der Waals surface area (Å²) in [6.45, 7) is 4.70. The zero-order chi connectivity index (χ0) is 22.7. The summed E-state index contributed by atoms with van der Waals surface area (Å²) in [7, 11) is 0. The molecule has 32 heavy (non-hydrogen) atoms. The number of H-pyrrole nitrogens is 1. The fourth-order valence-corrected chi connectivity index (χ4v) is 4.56. The summed E-state index contributed by atoms with van der Waals surface area (Å²) >= 11 is 0. The minimum atomic E-state index is -1.08. The van der Waals surface area contributed by atoms with E-state index in [0.717, 1.165) is 5.52 Å². The van der Waals surface area contributed by atoms with Crippen molar-refractivity contribution in [1.82, 2.24) is 24.7 Å². The number of benzene rings is 1. The first-order valence-corrected chi connectivity index (χ1v) is 11.1. The van der Waals surface area contributed by atoms with Gasteiger partial charge >= 0.3 is 6.09 Å². The van der Waals surface area contributed by atoms with Crippen LogP contribution in [0.2, 0.25) is 0 Å². The number of imidazole rings is 1. The average Bonchev–Trinajstić information content (AvgIpc) is 3.26. The molecule has 2 aromatic rings. The average molecular weight is 444 g/mol. The van der Waals surface area contributed by atoms with Crippen molar-refractivity contribution in [2.24, 2.45) is 5.92 Å². The van der Waals surface area contributed by atoms with E-state index in [0.29, 0.717) is 51.2 Å². The van der Waals surface area contributed by atoms with Crippen LogP contribution in [0.15, 0.2) is 24.3 Å². The Morgan fingerprint density at radius 2 is 1.94 bits per heavy atom. The molecule has 2 N–H and O–H groups in total. The van der Waals surface area contributed by atoms with Gasteiger partial charge in [-0.15, -0.1) is 0 Å². The lowest BCUT2D eigenvalue weighted by molar-refractivity contribution is -0.142. The number of carbonyl (C=O) groups excluding carboxylic acids is 2. The second-order valence-electron chi connectivity index (χ2n) is 8.31. The molecule has 1 aromatic carbocycles. The fraction of sp³-hybridized carbons (Fsp3) is 0.545. The Hall–Kier alpha value is -3.14. The maximum atomic E-state index is 13.4. The van der Waals surface area contributed by atoms with Gasteiger partial charge in [0.1, 0.15) is 0 Å². The zero-order valence-corrected chi connectivity index (χ0v) is 18.2. The van der Waals surface area contributed by atoms with E-state index in [-0.39, 0.29) is 30.7 Å². The third-order valence-electron chi connectivity index (χ3n) is 6.13. The standard InChI is InChI=1S/C22H29N5O5/c1-2-7-27(21(29)19-23-17-5-3-4-6-18(17)24-19)16-12-15(13-26(14-16)22(30)31)20(28)25-8-10-32-11-9-25/h3-6,15-16H,2,7-14H2,1H3,(H,23,24)(H,30,31)/t15-,16+/m1/s1. The summed E-state index contributed by atoms with van der Waals surface area (Å²) in [5, 5.41) is 9.69. The van der Waals surface area contributed by atoms with E-state index in [9.17, 15) is 19.5 Å². The van der Waals surface area contributed by atoms with Gasteiger partial charge in [0, 0.05) is 32.7 Å². The molecule has 10 heteroatoms. The van der Waals surface area contributed by atoms with E-state index in [4.69, 9.17) is 4.74 Å². The van der Waals surface area contributed by atoms with Crippen molar-refractivity contribution in [2.45, 2.75) is 25.8 Å². The number of carboxylic acid groups (broad SMARTS) is 1. The summed E-state index contributed by atoms with van der Waals surface area (Å²) in [5.74, 6) is -0.622. The molecule has 0 aliphatic carbocycles. The number of aromatic nitrogens is 2. The number of hydrogen-bond acceptors (Lipinski definition) is 5. The molecule has 4 rings (SSSR count). The number of rotatable bonds is 5. The van der Waals surface area contributed by atoms with Crippen LogP contribution in [0.3, 0.4) is 0 Å². The lowest BCUT2D eigenvalue weighted by Crippen LogP contribution is -2.57. The Kier molecular flexibility index (Phi) is 6.59. The molecule has 2 atom stereocenters. The Labute approximate surface area is 186 Å².